The largest absolute Gasteiger partial charge is 0.480 e. The Balaban J connectivity index is 1.65. The second-order valence-electron chi connectivity index (χ2n) is 5.28. The summed E-state index contributed by atoms with van der Waals surface area (Å²) in [5.74, 6) is -1.22. The van der Waals surface area contributed by atoms with Crippen molar-refractivity contribution in [2.45, 2.75) is 18.9 Å². The predicted molar refractivity (Wildman–Crippen MR) is 90.3 cm³/mol. The molecule has 9 heteroatoms. The first-order chi connectivity index (χ1) is 12.1. The first-order valence-corrected chi connectivity index (χ1v) is 8.30. The van der Waals surface area contributed by atoms with Gasteiger partial charge in [0, 0.05) is 12.8 Å². The number of aliphatic carboxylic acids is 1. The van der Waals surface area contributed by atoms with Gasteiger partial charge in [0.2, 0.25) is 0 Å². The highest BCUT2D eigenvalue weighted by Gasteiger charge is 2.23. The van der Waals surface area contributed by atoms with Gasteiger partial charge in [0.05, 0.1) is 11.2 Å². The Morgan fingerprint density at radius 3 is 2.72 bits per heavy atom. The molecule has 128 valence electrons. The molecule has 0 fully saturated rings. The first kappa shape index (κ1) is 16.8. The van der Waals surface area contributed by atoms with Gasteiger partial charge in [-0.1, -0.05) is 30.3 Å². The van der Waals surface area contributed by atoms with E-state index in [2.05, 4.69) is 25.5 Å². The lowest BCUT2D eigenvalue weighted by Gasteiger charge is -2.12. The SMILES string of the molecule is O=C(NC(Cc1ncn[nH]1)C(=O)O)c1cnc(Cc2ccccc2)s1. The molecule has 25 heavy (non-hydrogen) atoms. The highest BCUT2D eigenvalue weighted by atomic mass is 32.1. The second kappa shape index (κ2) is 7.67. The number of aromatic amines is 1. The third kappa shape index (κ3) is 4.48. The Morgan fingerprint density at radius 1 is 1.24 bits per heavy atom. The fourth-order valence-corrected chi connectivity index (χ4v) is 3.07. The van der Waals surface area contributed by atoms with Crippen LogP contribution in [0.3, 0.4) is 0 Å². The number of nitrogens with one attached hydrogen (secondary N) is 2. The molecule has 3 aromatic rings. The third-order valence-corrected chi connectivity index (χ3v) is 4.44. The fraction of sp³-hybridized carbons (Fsp3) is 0.188. The zero-order valence-corrected chi connectivity index (χ0v) is 13.9. The molecule has 1 amide bonds. The molecule has 3 N–H and O–H groups in total. The molecule has 0 aliphatic carbocycles. The molecule has 0 aliphatic heterocycles. The smallest absolute Gasteiger partial charge is 0.326 e. The highest BCUT2D eigenvalue weighted by molar-refractivity contribution is 7.13. The van der Waals surface area contributed by atoms with E-state index in [1.807, 2.05) is 30.3 Å². The van der Waals surface area contributed by atoms with Gasteiger partial charge in [-0.15, -0.1) is 11.3 Å². The third-order valence-electron chi connectivity index (χ3n) is 3.44. The number of hydrogen-bond acceptors (Lipinski definition) is 6. The molecule has 0 saturated heterocycles. The lowest BCUT2D eigenvalue weighted by molar-refractivity contribution is -0.139. The van der Waals surface area contributed by atoms with Crippen molar-refractivity contribution in [3.8, 4) is 0 Å². The van der Waals surface area contributed by atoms with E-state index in [0.717, 1.165) is 10.6 Å². The minimum absolute atomic E-state index is 0.0246. The average molecular weight is 357 g/mol. The number of carboxylic acids is 1. The van der Waals surface area contributed by atoms with Gasteiger partial charge in [-0.05, 0) is 5.56 Å². The van der Waals surface area contributed by atoms with Gasteiger partial charge >= 0.3 is 5.97 Å². The first-order valence-electron chi connectivity index (χ1n) is 7.48. The molecule has 0 aliphatic rings. The van der Waals surface area contributed by atoms with Gasteiger partial charge in [-0.25, -0.2) is 14.8 Å². The van der Waals surface area contributed by atoms with Gasteiger partial charge in [-0.3, -0.25) is 9.89 Å². The van der Waals surface area contributed by atoms with Crippen molar-refractivity contribution < 1.29 is 14.7 Å². The number of amides is 1. The maximum atomic E-state index is 12.3. The number of benzene rings is 1. The summed E-state index contributed by atoms with van der Waals surface area (Å²) in [5, 5.41) is 18.8. The van der Waals surface area contributed by atoms with Gasteiger partial charge < -0.3 is 10.4 Å². The summed E-state index contributed by atoms with van der Waals surface area (Å²) in [4.78, 5) is 32.1. The summed E-state index contributed by atoms with van der Waals surface area (Å²) < 4.78 is 0. The number of H-pyrrole nitrogens is 1. The van der Waals surface area contributed by atoms with Crippen molar-refractivity contribution in [1.82, 2.24) is 25.5 Å². The van der Waals surface area contributed by atoms with E-state index in [-0.39, 0.29) is 6.42 Å². The molecule has 2 heterocycles. The molecule has 0 bridgehead atoms. The van der Waals surface area contributed by atoms with Crippen molar-refractivity contribution in [3.63, 3.8) is 0 Å². The summed E-state index contributed by atoms with van der Waals surface area (Å²) in [7, 11) is 0. The molecule has 3 rings (SSSR count). The van der Waals surface area contributed by atoms with Crippen molar-refractivity contribution in [3.05, 3.63) is 64.1 Å². The Morgan fingerprint density at radius 2 is 2.04 bits per heavy atom. The highest BCUT2D eigenvalue weighted by Crippen LogP contribution is 2.17. The average Bonchev–Trinajstić information content (AvgIpc) is 3.27. The lowest BCUT2D eigenvalue weighted by Crippen LogP contribution is -2.42. The predicted octanol–water partition coefficient (Wildman–Crippen LogP) is 1.28. The summed E-state index contributed by atoms with van der Waals surface area (Å²) in [5.41, 5.74) is 1.09. The Labute approximate surface area is 147 Å². The number of carbonyl (C=O) groups is 2. The van der Waals surface area contributed by atoms with Gasteiger partial charge in [0.25, 0.3) is 5.91 Å². The van der Waals surface area contributed by atoms with E-state index in [1.165, 1.54) is 23.9 Å². The van der Waals surface area contributed by atoms with Crippen LogP contribution in [0.25, 0.3) is 0 Å². The van der Waals surface area contributed by atoms with Crippen molar-refractivity contribution >= 4 is 23.2 Å². The zero-order chi connectivity index (χ0) is 17.6. The molecule has 2 aromatic heterocycles. The Bertz CT molecular complexity index is 848. The number of hydrogen-bond donors (Lipinski definition) is 3. The number of carbonyl (C=O) groups excluding carboxylic acids is 1. The van der Waals surface area contributed by atoms with Crippen LogP contribution in [0.2, 0.25) is 0 Å². The number of carboxylic acid groups (broad SMARTS) is 1. The normalized spacial score (nSPS) is 11.8. The van der Waals surface area contributed by atoms with E-state index in [4.69, 9.17) is 0 Å². The zero-order valence-electron chi connectivity index (χ0n) is 13.0. The van der Waals surface area contributed by atoms with Crippen LogP contribution in [0, 0.1) is 0 Å². The van der Waals surface area contributed by atoms with Crippen molar-refractivity contribution in [2.75, 3.05) is 0 Å². The monoisotopic (exact) mass is 357 g/mol. The molecule has 1 atom stereocenters. The van der Waals surface area contributed by atoms with Gasteiger partial charge in [-0.2, -0.15) is 5.10 Å². The summed E-state index contributed by atoms with van der Waals surface area (Å²) in [6, 6.07) is 8.69. The van der Waals surface area contributed by atoms with E-state index in [9.17, 15) is 14.7 Å². The van der Waals surface area contributed by atoms with E-state index in [1.54, 1.807) is 0 Å². The minimum Gasteiger partial charge on any atom is -0.480 e. The lowest BCUT2D eigenvalue weighted by atomic mass is 10.2. The number of thiazole rings is 1. The van der Waals surface area contributed by atoms with Crippen LogP contribution in [-0.4, -0.2) is 43.2 Å². The quantitative estimate of drug-likeness (QED) is 0.586. The van der Waals surface area contributed by atoms with E-state index >= 15 is 0 Å². The van der Waals surface area contributed by atoms with Crippen LogP contribution in [0.15, 0.2) is 42.9 Å². The topological polar surface area (TPSA) is 121 Å². The molecule has 0 spiro atoms. The van der Waals surface area contributed by atoms with Gasteiger partial charge in [0.15, 0.2) is 0 Å². The maximum Gasteiger partial charge on any atom is 0.326 e. The summed E-state index contributed by atoms with van der Waals surface area (Å²) >= 11 is 1.25. The molecule has 0 radical (unpaired) electrons. The van der Waals surface area contributed by atoms with Gasteiger partial charge in [0.1, 0.15) is 23.1 Å². The Hall–Kier alpha value is -3.07. The molecular weight excluding hydrogens is 342 g/mol. The number of nitrogens with zero attached hydrogens (tertiary/aromatic N) is 3. The maximum absolute atomic E-state index is 12.3. The van der Waals surface area contributed by atoms with E-state index < -0.39 is 17.9 Å². The van der Waals surface area contributed by atoms with Crippen LogP contribution >= 0.6 is 11.3 Å². The van der Waals surface area contributed by atoms with Crippen LogP contribution in [0.1, 0.15) is 26.1 Å². The Kier molecular flexibility index (Phi) is 5.14. The van der Waals surface area contributed by atoms with Crippen LogP contribution in [0.4, 0.5) is 0 Å². The molecule has 1 aromatic carbocycles. The number of aromatic nitrogens is 4. The standard InChI is InChI=1S/C16H15N5O3S/c22-15(20-11(16(23)24)7-13-18-9-19-21-13)12-8-17-14(25-12)6-10-4-2-1-3-5-10/h1-5,8-9,11H,6-7H2,(H,20,22)(H,23,24)(H,18,19,21). The van der Waals surface area contributed by atoms with Crippen molar-refractivity contribution in [1.29, 1.82) is 0 Å². The summed E-state index contributed by atoms with van der Waals surface area (Å²) in [6.07, 6.45) is 3.40. The molecular formula is C16H15N5O3S. The summed E-state index contributed by atoms with van der Waals surface area (Å²) in [6.45, 7) is 0. The molecule has 8 nitrogen and oxygen atoms in total. The van der Waals surface area contributed by atoms with E-state index in [0.29, 0.717) is 17.1 Å². The minimum atomic E-state index is -1.14. The number of rotatable bonds is 7. The fourth-order valence-electron chi connectivity index (χ4n) is 2.22. The van der Waals surface area contributed by atoms with Crippen LogP contribution in [-0.2, 0) is 17.6 Å². The molecule has 1 unspecified atom stereocenters. The van der Waals surface area contributed by atoms with Crippen LogP contribution < -0.4 is 5.32 Å². The van der Waals surface area contributed by atoms with Crippen LogP contribution in [0.5, 0.6) is 0 Å². The van der Waals surface area contributed by atoms with Crippen molar-refractivity contribution in [2.24, 2.45) is 0 Å². The molecule has 0 saturated carbocycles. The second-order valence-corrected chi connectivity index (χ2v) is 6.40.